The van der Waals surface area contributed by atoms with Crippen LogP contribution in [0.5, 0.6) is 0 Å². The first-order chi connectivity index (χ1) is 15.0. The van der Waals surface area contributed by atoms with Crippen LogP contribution in [0.1, 0.15) is 42.4 Å². The summed E-state index contributed by atoms with van der Waals surface area (Å²) in [6.07, 6.45) is 1.88. The van der Waals surface area contributed by atoms with Crippen LogP contribution in [0.3, 0.4) is 0 Å². The zero-order valence-corrected chi connectivity index (χ0v) is 19.2. The van der Waals surface area contributed by atoms with Crippen molar-refractivity contribution in [2.75, 3.05) is 13.2 Å². The molecule has 31 heavy (non-hydrogen) atoms. The highest BCUT2D eigenvalue weighted by Crippen LogP contribution is 2.18. The summed E-state index contributed by atoms with van der Waals surface area (Å²) in [6.45, 7) is 3.04. The fourth-order valence-corrected chi connectivity index (χ4v) is 4.24. The average Bonchev–Trinajstić information content (AvgIpc) is 3.43. The number of ether oxygens (including phenoxy) is 1. The van der Waals surface area contributed by atoms with E-state index in [1.54, 1.807) is 27.6 Å². The number of nitrogens with one attached hydrogen (secondary N) is 2. The van der Waals surface area contributed by atoms with E-state index < -0.39 is 18.1 Å². The van der Waals surface area contributed by atoms with Crippen molar-refractivity contribution in [2.45, 2.75) is 51.7 Å². The van der Waals surface area contributed by atoms with Crippen LogP contribution in [0.2, 0.25) is 0 Å². The molecule has 0 aromatic carbocycles. The Balaban J connectivity index is 1.91. The number of carboxylic acids is 1. The second-order valence-electron chi connectivity index (χ2n) is 6.97. The smallest absolute Gasteiger partial charge is 0.410 e. The molecule has 0 fully saturated rings. The van der Waals surface area contributed by atoms with Gasteiger partial charge in [-0.3, -0.25) is 9.69 Å². The van der Waals surface area contributed by atoms with Crippen LogP contribution >= 0.6 is 22.7 Å². The van der Waals surface area contributed by atoms with Gasteiger partial charge in [0.2, 0.25) is 0 Å². The van der Waals surface area contributed by atoms with E-state index in [1.165, 1.54) is 0 Å². The molecule has 2 aromatic rings. The number of aliphatic carboxylic acids is 1. The van der Waals surface area contributed by atoms with E-state index in [0.29, 0.717) is 19.5 Å². The lowest BCUT2D eigenvalue weighted by Crippen LogP contribution is -2.45. The Kier molecular flexibility index (Phi) is 10.9. The fraction of sp³-hybridized carbons (Fsp3) is 0.476. The Morgan fingerprint density at radius 2 is 1.77 bits per heavy atom. The minimum absolute atomic E-state index is 0.0385. The molecule has 0 saturated carbocycles. The molecule has 3 N–H and O–H groups in total. The Hall–Kier alpha value is -2.59. The predicted octanol–water partition coefficient (Wildman–Crippen LogP) is 4.28. The SMILES string of the molecule is CCCCC(COC(=O)N(Cc1cccs1)Cc1cccs1)NC(=O)NCCC(=O)O. The number of rotatable bonds is 13. The topological polar surface area (TPSA) is 108 Å². The molecule has 0 spiro atoms. The summed E-state index contributed by atoms with van der Waals surface area (Å²) in [5.74, 6) is -0.978. The van der Waals surface area contributed by atoms with Gasteiger partial charge in [-0.1, -0.05) is 31.9 Å². The van der Waals surface area contributed by atoms with Crippen LogP contribution in [-0.4, -0.2) is 47.3 Å². The van der Waals surface area contributed by atoms with E-state index in [1.807, 2.05) is 41.9 Å². The van der Waals surface area contributed by atoms with Crippen molar-refractivity contribution in [1.82, 2.24) is 15.5 Å². The van der Waals surface area contributed by atoms with E-state index in [2.05, 4.69) is 10.6 Å². The third kappa shape index (κ3) is 9.84. The van der Waals surface area contributed by atoms with Crippen molar-refractivity contribution in [1.29, 1.82) is 0 Å². The highest BCUT2D eigenvalue weighted by atomic mass is 32.1. The van der Waals surface area contributed by atoms with Gasteiger partial charge in [0, 0.05) is 16.3 Å². The highest BCUT2D eigenvalue weighted by molar-refractivity contribution is 7.10. The van der Waals surface area contributed by atoms with Crippen LogP contribution in [-0.2, 0) is 22.6 Å². The minimum atomic E-state index is -0.978. The molecule has 0 saturated heterocycles. The summed E-state index contributed by atoms with van der Waals surface area (Å²) in [5.41, 5.74) is 0. The summed E-state index contributed by atoms with van der Waals surface area (Å²) in [5, 5.41) is 17.9. The van der Waals surface area contributed by atoms with Crippen molar-refractivity contribution in [3.05, 3.63) is 44.8 Å². The first-order valence-electron chi connectivity index (χ1n) is 10.2. The molecule has 10 heteroatoms. The number of unbranched alkanes of at least 4 members (excludes halogenated alkanes) is 1. The largest absolute Gasteiger partial charge is 0.481 e. The number of urea groups is 1. The molecule has 3 amide bonds. The second-order valence-corrected chi connectivity index (χ2v) is 9.04. The number of carbonyl (C=O) groups excluding carboxylic acids is 2. The fourth-order valence-electron chi connectivity index (χ4n) is 2.80. The van der Waals surface area contributed by atoms with Gasteiger partial charge in [0.25, 0.3) is 0 Å². The molecule has 2 aromatic heterocycles. The molecule has 0 aliphatic rings. The number of amides is 3. The molecule has 0 aliphatic carbocycles. The molecule has 0 radical (unpaired) electrons. The highest BCUT2D eigenvalue weighted by Gasteiger charge is 2.20. The molecule has 2 heterocycles. The molecule has 2 rings (SSSR count). The van der Waals surface area contributed by atoms with Gasteiger partial charge in [-0.05, 0) is 29.3 Å². The van der Waals surface area contributed by atoms with Crippen LogP contribution in [0.25, 0.3) is 0 Å². The Morgan fingerprint density at radius 3 is 2.29 bits per heavy atom. The molecule has 0 aliphatic heterocycles. The van der Waals surface area contributed by atoms with E-state index in [9.17, 15) is 14.4 Å². The van der Waals surface area contributed by atoms with Crippen molar-refractivity contribution < 1.29 is 24.2 Å². The summed E-state index contributed by atoms with van der Waals surface area (Å²) >= 11 is 3.16. The minimum Gasteiger partial charge on any atom is -0.481 e. The lowest BCUT2D eigenvalue weighted by molar-refractivity contribution is -0.136. The van der Waals surface area contributed by atoms with Crippen molar-refractivity contribution in [3.63, 3.8) is 0 Å². The number of hydrogen-bond acceptors (Lipinski definition) is 6. The van der Waals surface area contributed by atoms with Gasteiger partial charge in [-0.25, -0.2) is 9.59 Å². The van der Waals surface area contributed by atoms with Crippen LogP contribution in [0.4, 0.5) is 9.59 Å². The van der Waals surface area contributed by atoms with E-state index >= 15 is 0 Å². The molecule has 0 bridgehead atoms. The lowest BCUT2D eigenvalue weighted by atomic mass is 10.1. The Labute approximate surface area is 190 Å². The Morgan fingerprint density at radius 1 is 1.13 bits per heavy atom. The molecule has 170 valence electrons. The Bertz CT molecular complexity index is 760. The third-order valence-electron chi connectivity index (χ3n) is 4.39. The number of carboxylic acid groups (broad SMARTS) is 1. The molecular formula is C21H29N3O5S2. The van der Waals surface area contributed by atoms with Crippen LogP contribution in [0, 0.1) is 0 Å². The summed E-state index contributed by atoms with van der Waals surface area (Å²) in [7, 11) is 0. The maximum Gasteiger partial charge on any atom is 0.410 e. The number of hydrogen-bond donors (Lipinski definition) is 3. The summed E-state index contributed by atoms with van der Waals surface area (Å²) in [6, 6.07) is 7.04. The van der Waals surface area contributed by atoms with Crippen molar-refractivity contribution in [2.24, 2.45) is 0 Å². The van der Waals surface area contributed by atoms with Gasteiger partial charge in [0.1, 0.15) is 6.61 Å². The normalized spacial score (nSPS) is 11.5. The van der Waals surface area contributed by atoms with Gasteiger partial charge in [-0.15, -0.1) is 22.7 Å². The van der Waals surface area contributed by atoms with Gasteiger partial charge in [-0.2, -0.15) is 0 Å². The van der Waals surface area contributed by atoms with E-state index in [4.69, 9.17) is 9.84 Å². The van der Waals surface area contributed by atoms with Crippen LogP contribution in [0.15, 0.2) is 35.0 Å². The standard InChI is InChI=1S/C21H29N3O5S2/c1-2-3-6-16(23-20(27)22-10-9-19(25)26)15-29-21(28)24(13-17-7-4-11-30-17)14-18-8-5-12-31-18/h4-5,7-8,11-12,16H,2-3,6,9-10,13-15H2,1H3,(H,25,26)(H2,22,23,27). The first-order valence-corrected chi connectivity index (χ1v) is 12.0. The zero-order valence-electron chi connectivity index (χ0n) is 17.5. The van der Waals surface area contributed by atoms with Crippen LogP contribution < -0.4 is 10.6 Å². The summed E-state index contributed by atoms with van der Waals surface area (Å²) < 4.78 is 5.56. The van der Waals surface area contributed by atoms with Gasteiger partial charge in [0.15, 0.2) is 0 Å². The quantitative estimate of drug-likeness (QED) is 0.407. The van der Waals surface area contributed by atoms with Gasteiger partial charge in [0.05, 0.1) is 25.6 Å². The number of thiophene rings is 2. The lowest BCUT2D eigenvalue weighted by Gasteiger charge is -2.24. The third-order valence-corrected chi connectivity index (χ3v) is 6.11. The molecule has 1 unspecified atom stereocenters. The van der Waals surface area contributed by atoms with Gasteiger partial charge < -0.3 is 20.5 Å². The molecule has 8 nitrogen and oxygen atoms in total. The molecular weight excluding hydrogens is 438 g/mol. The van der Waals surface area contributed by atoms with Gasteiger partial charge >= 0.3 is 18.1 Å². The van der Waals surface area contributed by atoms with E-state index in [-0.39, 0.29) is 25.6 Å². The molecule has 1 atom stereocenters. The second kappa shape index (κ2) is 13.7. The predicted molar refractivity (Wildman–Crippen MR) is 121 cm³/mol. The maximum atomic E-state index is 12.8. The van der Waals surface area contributed by atoms with E-state index in [0.717, 1.165) is 22.6 Å². The first kappa shape index (κ1) is 24.7. The maximum absolute atomic E-state index is 12.8. The monoisotopic (exact) mass is 467 g/mol. The zero-order chi connectivity index (χ0) is 22.5. The van der Waals surface area contributed by atoms with Crippen molar-refractivity contribution in [3.8, 4) is 0 Å². The van der Waals surface area contributed by atoms with Crippen molar-refractivity contribution >= 4 is 40.8 Å². The number of carbonyl (C=O) groups is 3. The number of nitrogens with zero attached hydrogens (tertiary/aromatic N) is 1. The summed E-state index contributed by atoms with van der Waals surface area (Å²) in [4.78, 5) is 39.2. The average molecular weight is 468 g/mol.